The molecule has 0 fully saturated rings. The van der Waals surface area contributed by atoms with Gasteiger partial charge in [0.2, 0.25) is 0 Å². The third-order valence-electron chi connectivity index (χ3n) is 2.50. The minimum atomic E-state index is -0.263. The lowest BCUT2D eigenvalue weighted by molar-refractivity contribution is 0.0951. The molecule has 0 bridgehead atoms. The molecule has 4 nitrogen and oxygen atoms in total. The van der Waals surface area contributed by atoms with Gasteiger partial charge in [0.1, 0.15) is 5.82 Å². The molecule has 0 spiro atoms. The van der Waals surface area contributed by atoms with Gasteiger partial charge in [-0.25, -0.2) is 4.98 Å². The third-order valence-corrected chi connectivity index (χ3v) is 3.18. The van der Waals surface area contributed by atoms with Gasteiger partial charge in [-0.3, -0.25) is 4.79 Å². The molecule has 2 aromatic rings. The Kier molecular flexibility index (Phi) is 4.39. The molecule has 0 atom stereocenters. The molecule has 0 unspecified atom stereocenters. The highest BCUT2D eigenvalue weighted by Gasteiger charge is 2.10. The van der Waals surface area contributed by atoms with Gasteiger partial charge < -0.3 is 11.1 Å². The number of halogens is 2. The van der Waals surface area contributed by atoms with Crippen LogP contribution in [0.4, 0.5) is 5.82 Å². The van der Waals surface area contributed by atoms with Gasteiger partial charge in [0.25, 0.3) is 5.91 Å². The van der Waals surface area contributed by atoms with Crippen LogP contribution in [0.1, 0.15) is 15.9 Å². The summed E-state index contributed by atoms with van der Waals surface area (Å²) < 4.78 is 0.707. The summed E-state index contributed by atoms with van der Waals surface area (Å²) in [5, 5.41) is 3.44. The lowest BCUT2D eigenvalue weighted by Gasteiger charge is -2.07. The summed E-state index contributed by atoms with van der Waals surface area (Å²) in [4.78, 5) is 15.9. The Balaban J connectivity index is 2.05. The van der Waals surface area contributed by atoms with Gasteiger partial charge in [-0.15, -0.1) is 0 Å². The molecule has 19 heavy (non-hydrogen) atoms. The number of nitrogens with two attached hydrogens (primary N) is 1. The predicted molar refractivity (Wildman–Crippen MR) is 79.0 cm³/mol. The van der Waals surface area contributed by atoms with Crippen molar-refractivity contribution >= 4 is 39.3 Å². The van der Waals surface area contributed by atoms with Gasteiger partial charge >= 0.3 is 0 Å². The normalized spacial score (nSPS) is 10.2. The van der Waals surface area contributed by atoms with E-state index >= 15 is 0 Å². The number of benzene rings is 1. The van der Waals surface area contributed by atoms with Crippen LogP contribution in [-0.4, -0.2) is 10.9 Å². The Morgan fingerprint density at radius 2 is 2.05 bits per heavy atom. The number of aromatic nitrogens is 1. The smallest absolute Gasteiger partial charge is 0.255 e. The number of amides is 1. The summed E-state index contributed by atoms with van der Waals surface area (Å²) >= 11 is 9.05. The van der Waals surface area contributed by atoms with Gasteiger partial charge in [0.15, 0.2) is 0 Å². The first-order valence-corrected chi connectivity index (χ1v) is 6.67. The average Bonchev–Trinajstić information content (AvgIpc) is 2.40. The number of carbonyl (C=O) groups excluding carboxylic acids is 1. The Labute approximate surface area is 124 Å². The highest BCUT2D eigenvalue weighted by molar-refractivity contribution is 9.10. The number of rotatable bonds is 3. The second-order valence-corrected chi connectivity index (χ2v) is 5.25. The zero-order valence-corrected chi connectivity index (χ0v) is 12.2. The zero-order valence-electron chi connectivity index (χ0n) is 9.86. The monoisotopic (exact) mass is 339 g/mol. The molecule has 0 saturated heterocycles. The molecule has 1 aromatic carbocycles. The number of hydrogen-bond acceptors (Lipinski definition) is 3. The maximum Gasteiger partial charge on any atom is 0.255 e. The number of nitrogens with zero attached hydrogens (tertiary/aromatic N) is 1. The molecule has 1 heterocycles. The molecule has 0 radical (unpaired) electrons. The maximum atomic E-state index is 12.0. The topological polar surface area (TPSA) is 68.0 Å². The van der Waals surface area contributed by atoms with Crippen LogP contribution < -0.4 is 11.1 Å². The SMILES string of the molecule is Nc1ncc(Br)cc1C(=O)NCc1ccc(Cl)cc1. The molecular formula is C13H11BrClN3O. The molecule has 3 N–H and O–H groups in total. The van der Waals surface area contributed by atoms with Crippen LogP contribution in [0, 0.1) is 0 Å². The van der Waals surface area contributed by atoms with Crippen molar-refractivity contribution in [3.63, 3.8) is 0 Å². The molecule has 1 aromatic heterocycles. The Morgan fingerprint density at radius 3 is 2.74 bits per heavy atom. The van der Waals surface area contributed by atoms with Crippen molar-refractivity contribution in [3.05, 3.63) is 57.2 Å². The van der Waals surface area contributed by atoms with Crippen LogP contribution in [0.15, 0.2) is 41.0 Å². The first-order valence-electron chi connectivity index (χ1n) is 5.50. The molecule has 2 rings (SSSR count). The van der Waals surface area contributed by atoms with E-state index in [1.807, 2.05) is 12.1 Å². The first kappa shape index (κ1) is 13.8. The van der Waals surface area contributed by atoms with Gasteiger partial charge in [-0.2, -0.15) is 0 Å². The molecule has 1 amide bonds. The fourth-order valence-electron chi connectivity index (χ4n) is 1.51. The number of hydrogen-bond donors (Lipinski definition) is 2. The lowest BCUT2D eigenvalue weighted by Crippen LogP contribution is -2.24. The van der Waals surface area contributed by atoms with Crippen LogP contribution in [0.25, 0.3) is 0 Å². The first-order chi connectivity index (χ1) is 9.06. The van der Waals surface area contributed by atoms with Crippen LogP contribution in [0.5, 0.6) is 0 Å². The summed E-state index contributed by atoms with van der Waals surface area (Å²) in [6.45, 7) is 0.405. The van der Waals surface area contributed by atoms with Crippen molar-refractivity contribution in [3.8, 4) is 0 Å². The van der Waals surface area contributed by atoms with E-state index in [2.05, 4.69) is 26.2 Å². The molecule has 6 heteroatoms. The molecule has 0 saturated carbocycles. The summed E-state index contributed by atoms with van der Waals surface area (Å²) in [6, 6.07) is 8.89. The number of pyridine rings is 1. The van der Waals surface area contributed by atoms with E-state index < -0.39 is 0 Å². The molecule has 98 valence electrons. The standard InChI is InChI=1S/C13H11BrClN3O/c14-9-5-11(12(16)17-7-9)13(19)18-6-8-1-3-10(15)4-2-8/h1-5,7H,6H2,(H2,16,17)(H,18,19). The van der Waals surface area contributed by atoms with Crippen molar-refractivity contribution in [1.82, 2.24) is 10.3 Å². The van der Waals surface area contributed by atoms with Crippen molar-refractivity contribution in [1.29, 1.82) is 0 Å². The Morgan fingerprint density at radius 1 is 1.37 bits per heavy atom. The van der Waals surface area contributed by atoms with Crippen LogP contribution in [-0.2, 0) is 6.54 Å². The van der Waals surface area contributed by atoms with Gasteiger partial charge in [0.05, 0.1) is 5.56 Å². The van der Waals surface area contributed by atoms with E-state index in [0.29, 0.717) is 21.6 Å². The number of carbonyl (C=O) groups is 1. The largest absolute Gasteiger partial charge is 0.383 e. The van der Waals surface area contributed by atoms with E-state index in [0.717, 1.165) is 5.56 Å². The lowest BCUT2D eigenvalue weighted by atomic mass is 10.2. The zero-order chi connectivity index (χ0) is 13.8. The molecule has 0 aliphatic carbocycles. The van der Waals surface area contributed by atoms with Crippen molar-refractivity contribution < 1.29 is 4.79 Å². The van der Waals surface area contributed by atoms with E-state index in [1.54, 1.807) is 24.4 Å². The third kappa shape index (κ3) is 3.68. The van der Waals surface area contributed by atoms with Gasteiger partial charge in [0, 0.05) is 22.2 Å². The fraction of sp³-hybridized carbons (Fsp3) is 0.0769. The van der Waals surface area contributed by atoms with Crippen LogP contribution >= 0.6 is 27.5 Å². The second kappa shape index (κ2) is 6.04. The number of anilines is 1. The van der Waals surface area contributed by atoms with E-state index in [1.165, 1.54) is 0 Å². The van der Waals surface area contributed by atoms with Gasteiger partial charge in [-0.05, 0) is 39.7 Å². The van der Waals surface area contributed by atoms with Crippen molar-refractivity contribution in [2.75, 3.05) is 5.73 Å². The molecule has 0 aliphatic rings. The number of nitrogens with one attached hydrogen (secondary N) is 1. The maximum absolute atomic E-state index is 12.0. The van der Waals surface area contributed by atoms with Crippen LogP contribution in [0.2, 0.25) is 5.02 Å². The minimum Gasteiger partial charge on any atom is -0.383 e. The van der Waals surface area contributed by atoms with E-state index in [4.69, 9.17) is 17.3 Å². The summed E-state index contributed by atoms with van der Waals surface area (Å²) in [7, 11) is 0. The minimum absolute atomic E-state index is 0.205. The predicted octanol–water partition coefficient (Wildman–Crippen LogP) is 3.01. The highest BCUT2D eigenvalue weighted by Crippen LogP contribution is 2.15. The fourth-order valence-corrected chi connectivity index (χ4v) is 1.97. The van der Waals surface area contributed by atoms with Crippen molar-refractivity contribution in [2.45, 2.75) is 6.54 Å². The summed E-state index contributed by atoms with van der Waals surface area (Å²) in [6.07, 6.45) is 1.55. The van der Waals surface area contributed by atoms with E-state index in [9.17, 15) is 4.79 Å². The summed E-state index contributed by atoms with van der Waals surface area (Å²) in [5.41, 5.74) is 6.98. The Bertz CT molecular complexity index is 601. The second-order valence-electron chi connectivity index (χ2n) is 3.90. The van der Waals surface area contributed by atoms with Gasteiger partial charge in [-0.1, -0.05) is 23.7 Å². The molecule has 0 aliphatic heterocycles. The molecular weight excluding hydrogens is 330 g/mol. The average molecular weight is 341 g/mol. The quantitative estimate of drug-likeness (QED) is 0.902. The highest BCUT2D eigenvalue weighted by atomic mass is 79.9. The Hall–Kier alpha value is -1.59. The van der Waals surface area contributed by atoms with Crippen LogP contribution in [0.3, 0.4) is 0 Å². The summed E-state index contributed by atoms with van der Waals surface area (Å²) in [5.74, 6) is -0.0574. The number of nitrogen functional groups attached to an aromatic ring is 1. The van der Waals surface area contributed by atoms with Crippen molar-refractivity contribution in [2.24, 2.45) is 0 Å². The van der Waals surface area contributed by atoms with E-state index in [-0.39, 0.29) is 11.7 Å².